The zero-order valence-electron chi connectivity index (χ0n) is 10.2. The van der Waals surface area contributed by atoms with Gasteiger partial charge < -0.3 is 5.11 Å². The number of carboxylic acids is 1. The number of nitrogens with zero attached hydrogens (tertiary/aromatic N) is 2. The van der Waals surface area contributed by atoms with Crippen LogP contribution in [0.15, 0.2) is 23.2 Å². The maximum absolute atomic E-state index is 12.6. The Labute approximate surface area is 116 Å². The molecule has 0 bridgehead atoms. The second kappa shape index (κ2) is 5.28. The topological polar surface area (TPSA) is 63.1 Å². The number of hydrogen-bond acceptors (Lipinski definition) is 4. The van der Waals surface area contributed by atoms with Crippen LogP contribution in [-0.2, 0) is 6.18 Å². The molecule has 20 heavy (non-hydrogen) atoms. The van der Waals surface area contributed by atoms with Crippen molar-refractivity contribution in [3.05, 3.63) is 29.6 Å². The zero-order valence-corrected chi connectivity index (χ0v) is 11.0. The van der Waals surface area contributed by atoms with Crippen molar-refractivity contribution in [1.29, 1.82) is 0 Å². The second-order valence-electron chi connectivity index (χ2n) is 3.83. The highest BCUT2D eigenvalue weighted by Gasteiger charge is 2.33. The lowest BCUT2D eigenvalue weighted by molar-refractivity contribution is -0.141. The average Bonchev–Trinajstić information content (AvgIpc) is 2.36. The van der Waals surface area contributed by atoms with Crippen molar-refractivity contribution >= 4 is 28.8 Å². The van der Waals surface area contributed by atoms with E-state index in [2.05, 4.69) is 9.97 Å². The van der Waals surface area contributed by atoms with Crippen LogP contribution in [0.1, 0.15) is 23.0 Å². The summed E-state index contributed by atoms with van der Waals surface area (Å²) in [7, 11) is 0. The van der Waals surface area contributed by atoms with Crippen LogP contribution < -0.4 is 0 Å². The van der Waals surface area contributed by atoms with Gasteiger partial charge >= 0.3 is 12.1 Å². The molecular formula is C12H9F3N2O2S. The first-order chi connectivity index (χ1) is 9.32. The maximum atomic E-state index is 12.6. The largest absolute Gasteiger partial charge is 0.478 e. The van der Waals surface area contributed by atoms with Crippen molar-refractivity contribution in [2.45, 2.75) is 18.0 Å². The average molecular weight is 302 g/mol. The third-order valence-electron chi connectivity index (χ3n) is 2.46. The molecule has 0 spiro atoms. The number of carbonyl (C=O) groups is 1. The van der Waals surface area contributed by atoms with Crippen molar-refractivity contribution < 1.29 is 23.1 Å². The molecule has 0 unspecified atom stereocenters. The lowest BCUT2D eigenvalue weighted by Gasteiger charge is -2.09. The molecule has 0 saturated carbocycles. The van der Waals surface area contributed by atoms with E-state index in [9.17, 15) is 18.0 Å². The predicted octanol–water partition coefficient (Wildman–Crippen LogP) is 3.46. The summed E-state index contributed by atoms with van der Waals surface area (Å²) in [5.41, 5.74) is -0.935. The molecule has 0 fully saturated rings. The first-order valence-corrected chi connectivity index (χ1v) is 6.55. The highest BCUT2D eigenvalue weighted by Crippen LogP contribution is 2.30. The van der Waals surface area contributed by atoms with Crippen molar-refractivity contribution in [3.63, 3.8) is 0 Å². The van der Waals surface area contributed by atoms with Crippen LogP contribution in [-0.4, -0.2) is 26.8 Å². The molecule has 4 nitrogen and oxygen atoms in total. The molecule has 1 heterocycles. The van der Waals surface area contributed by atoms with E-state index in [4.69, 9.17) is 5.11 Å². The van der Waals surface area contributed by atoms with Gasteiger partial charge in [-0.25, -0.2) is 9.78 Å². The SMILES string of the molecule is CCSc1cc2nc(C(F)(F)F)cnc2cc1C(=O)O. The highest BCUT2D eigenvalue weighted by molar-refractivity contribution is 7.99. The van der Waals surface area contributed by atoms with Crippen LogP contribution >= 0.6 is 11.8 Å². The Morgan fingerprint density at radius 3 is 2.60 bits per heavy atom. The fraction of sp³-hybridized carbons (Fsp3) is 0.250. The molecule has 1 aromatic carbocycles. The molecule has 0 atom stereocenters. The van der Waals surface area contributed by atoms with E-state index in [1.54, 1.807) is 0 Å². The van der Waals surface area contributed by atoms with Crippen molar-refractivity contribution in [2.24, 2.45) is 0 Å². The summed E-state index contributed by atoms with van der Waals surface area (Å²) in [4.78, 5) is 18.6. The maximum Gasteiger partial charge on any atom is 0.434 e. The lowest BCUT2D eigenvalue weighted by Crippen LogP contribution is -2.09. The monoisotopic (exact) mass is 302 g/mol. The Balaban J connectivity index is 2.65. The smallest absolute Gasteiger partial charge is 0.434 e. The summed E-state index contributed by atoms with van der Waals surface area (Å²) < 4.78 is 37.7. The van der Waals surface area contributed by atoms with Crippen LogP contribution in [0.5, 0.6) is 0 Å². The lowest BCUT2D eigenvalue weighted by atomic mass is 10.2. The molecular weight excluding hydrogens is 293 g/mol. The summed E-state index contributed by atoms with van der Waals surface area (Å²) in [6, 6.07) is 2.57. The summed E-state index contributed by atoms with van der Waals surface area (Å²) in [6.07, 6.45) is -3.98. The highest BCUT2D eigenvalue weighted by atomic mass is 32.2. The van der Waals surface area contributed by atoms with Gasteiger partial charge in [0.05, 0.1) is 22.8 Å². The zero-order chi connectivity index (χ0) is 14.9. The molecule has 1 aromatic heterocycles. The molecule has 106 valence electrons. The third kappa shape index (κ3) is 2.84. The van der Waals surface area contributed by atoms with Gasteiger partial charge in [0, 0.05) is 4.90 Å². The molecule has 0 aliphatic carbocycles. The van der Waals surface area contributed by atoms with Crippen molar-refractivity contribution in [3.8, 4) is 0 Å². The van der Waals surface area contributed by atoms with E-state index in [0.29, 0.717) is 16.8 Å². The van der Waals surface area contributed by atoms with Gasteiger partial charge in [-0.05, 0) is 17.9 Å². The van der Waals surface area contributed by atoms with Crippen LogP contribution in [0.25, 0.3) is 11.0 Å². The number of thioether (sulfide) groups is 1. The number of halogens is 3. The van der Waals surface area contributed by atoms with E-state index in [-0.39, 0.29) is 16.6 Å². The van der Waals surface area contributed by atoms with Gasteiger partial charge in [-0.2, -0.15) is 13.2 Å². The minimum atomic E-state index is -4.58. The summed E-state index contributed by atoms with van der Waals surface area (Å²) in [5.74, 6) is -0.553. The Hall–Kier alpha value is -1.83. The summed E-state index contributed by atoms with van der Waals surface area (Å²) >= 11 is 1.23. The number of aromatic carboxylic acids is 1. The number of rotatable bonds is 3. The van der Waals surface area contributed by atoms with Gasteiger partial charge in [-0.1, -0.05) is 6.92 Å². The van der Waals surface area contributed by atoms with E-state index in [0.717, 1.165) is 0 Å². The van der Waals surface area contributed by atoms with Crippen LogP contribution in [0, 0.1) is 0 Å². The quantitative estimate of drug-likeness (QED) is 0.880. The Bertz CT molecular complexity index is 674. The number of carboxylic acid groups (broad SMARTS) is 1. The van der Waals surface area contributed by atoms with Gasteiger partial charge in [0.1, 0.15) is 0 Å². The van der Waals surface area contributed by atoms with Gasteiger partial charge in [0.2, 0.25) is 0 Å². The van der Waals surface area contributed by atoms with Crippen molar-refractivity contribution in [2.75, 3.05) is 5.75 Å². The van der Waals surface area contributed by atoms with Crippen molar-refractivity contribution in [1.82, 2.24) is 9.97 Å². The van der Waals surface area contributed by atoms with Crippen LogP contribution in [0.3, 0.4) is 0 Å². The van der Waals surface area contributed by atoms with E-state index < -0.39 is 17.8 Å². The molecule has 0 aliphatic rings. The molecule has 0 saturated heterocycles. The fourth-order valence-electron chi connectivity index (χ4n) is 1.62. The minimum Gasteiger partial charge on any atom is -0.478 e. The molecule has 0 aliphatic heterocycles. The normalized spacial score (nSPS) is 11.8. The first-order valence-electron chi connectivity index (χ1n) is 5.57. The van der Waals surface area contributed by atoms with Gasteiger partial charge in [-0.3, -0.25) is 4.98 Å². The Kier molecular flexibility index (Phi) is 3.85. The van der Waals surface area contributed by atoms with Gasteiger partial charge in [0.15, 0.2) is 5.69 Å². The Morgan fingerprint density at radius 2 is 2.05 bits per heavy atom. The summed E-state index contributed by atoms with van der Waals surface area (Å²) in [5, 5.41) is 9.09. The summed E-state index contributed by atoms with van der Waals surface area (Å²) in [6.45, 7) is 1.82. The fourth-order valence-corrected chi connectivity index (χ4v) is 2.43. The van der Waals surface area contributed by atoms with Gasteiger partial charge in [-0.15, -0.1) is 11.8 Å². The third-order valence-corrected chi connectivity index (χ3v) is 3.40. The van der Waals surface area contributed by atoms with E-state index in [1.807, 2.05) is 6.92 Å². The predicted molar refractivity (Wildman–Crippen MR) is 67.9 cm³/mol. The molecule has 1 N–H and O–H groups in total. The van der Waals surface area contributed by atoms with E-state index in [1.165, 1.54) is 23.9 Å². The molecule has 0 radical (unpaired) electrons. The molecule has 0 amide bonds. The first kappa shape index (κ1) is 14.6. The molecule has 2 aromatic rings. The number of aromatic nitrogens is 2. The number of alkyl halides is 3. The van der Waals surface area contributed by atoms with Crippen LogP contribution in [0.2, 0.25) is 0 Å². The number of hydrogen-bond donors (Lipinski definition) is 1. The molecule has 8 heteroatoms. The Morgan fingerprint density at radius 1 is 1.35 bits per heavy atom. The molecule has 2 rings (SSSR count). The standard InChI is InChI=1S/C12H9F3N2O2S/c1-2-20-9-4-8-7(3-6(9)11(18)19)16-5-10(17-8)12(13,14)15/h3-5H,2H2,1H3,(H,18,19). The number of fused-ring (bicyclic) bond motifs is 1. The van der Waals surface area contributed by atoms with Gasteiger partial charge in [0.25, 0.3) is 0 Å². The van der Waals surface area contributed by atoms with Crippen LogP contribution in [0.4, 0.5) is 13.2 Å². The van der Waals surface area contributed by atoms with E-state index >= 15 is 0 Å². The number of benzene rings is 1. The minimum absolute atomic E-state index is 0.0124. The second-order valence-corrected chi connectivity index (χ2v) is 5.13.